The number of hydrogen-bond acceptors (Lipinski definition) is 1. The Hall–Kier alpha value is -1.44. The van der Waals surface area contributed by atoms with Crippen LogP contribution in [-0.2, 0) is 6.54 Å². The molecule has 0 atom stereocenters. The van der Waals surface area contributed by atoms with Gasteiger partial charge in [-0.2, -0.15) is 0 Å². The van der Waals surface area contributed by atoms with Gasteiger partial charge >= 0.3 is 0 Å². The Kier molecular flexibility index (Phi) is 1.57. The minimum Gasteiger partial charge on any atom is -0.479 e. The van der Waals surface area contributed by atoms with Crippen molar-refractivity contribution in [2.75, 3.05) is 6.61 Å². The molecule has 1 aromatic heterocycles. The van der Waals surface area contributed by atoms with Gasteiger partial charge in [-0.1, -0.05) is 18.2 Å². The molecule has 0 radical (unpaired) electrons. The van der Waals surface area contributed by atoms with Crippen molar-refractivity contribution in [1.82, 2.24) is 4.57 Å². The summed E-state index contributed by atoms with van der Waals surface area (Å²) in [5, 5.41) is 1.32. The summed E-state index contributed by atoms with van der Waals surface area (Å²) in [7, 11) is 0. The van der Waals surface area contributed by atoms with Crippen molar-refractivity contribution in [3.63, 3.8) is 0 Å². The molecule has 2 aromatic rings. The molecule has 0 amide bonds. The summed E-state index contributed by atoms with van der Waals surface area (Å²) >= 11 is 0. The van der Waals surface area contributed by atoms with Gasteiger partial charge in [-0.05, 0) is 19.4 Å². The summed E-state index contributed by atoms with van der Waals surface area (Å²) in [6.45, 7) is 4.08. The minimum absolute atomic E-state index is 0.858. The maximum atomic E-state index is 5.70. The van der Waals surface area contributed by atoms with E-state index in [1.807, 2.05) is 0 Å². The van der Waals surface area contributed by atoms with Crippen LogP contribution in [0.3, 0.4) is 0 Å². The van der Waals surface area contributed by atoms with Gasteiger partial charge in [-0.3, -0.25) is 0 Å². The lowest BCUT2D eigenvalue weighted by Gasteiger charge is -2.17. The van der Waals surface area contributed by atoms with Crippen LogP contribution in [0.2, 0.25) is 0 Å². The van der Waals surface area contributed by atoms with Gasteiger partial charge in [0.2, 0.25) is 0 Å². The largest absolute Gasteiger partial charge is 0.479 e. The molecule has 1 aliphatic heterocycles. The predicted molar refractivity (Wildman–Crippen MR) is 56.8 cm³/mol. The Morgan fingerprint density at radius 2 is 2.14 bits per heavy atom. The molecule has 2 heterocycles. The second kappa shape index (κ2) is 2.77. The molecule has 1 aliphatic rings. The topological polar surface area (TPSA) is 14.2 Å². The Balaban J connectivity index is 2.41. The minimum atomic E-state index is 0.858. The van der Waals surface area contributed by atoms with E-state index in [1.54, 1.807) is 0 Å². The molecular weight excluding hydrogens is 174 g/mol. The number of aromatic nitrogens is 1. The van der Waals surface area contributed by atoms with E-state index < -0.39 is 0 Å². The first-order valence-electron chi connectivity index (χ1n) is 5.08. The Morgan fingerprint density at radius 1 is 1.29 bits per heavy atom. The summed E-state index contributed by atoms with van der Waals surface area (Å²) in [6.07, 6.45) is 1.12. The first-order chi connectivity index (χ1) is 6.88. The van der Waals surface area contributed by atoms with E-state index in [4.69, 9.17) is 4.74 Å². The van der Waals surface area contributed by atoms with Crippen LogP contribution in [0.5, 0.6) is 5.88 Å². The smallest absolute Gasteiger partial charge is 0.197 e. The zero-order valence-corrected chi connectivity index (χ0v) is 8.29. The van der Waals surface area contributed by atoms with Gasteiger partial charge in [0.05, 0.1) is 12.1 Å². The molecule has 0 saturated heterocycles. The van der Waals surface area contributed by atoms with Crippen molar-refractivity contribution in [3.05, 3.63) is 29.8 Å². The first kappa shape index (κ1) is 7.92. The van der Waals surface area contributed by atoms with Crippen LogP contribution >= 0.6 is 0 Å². The molecule has 1 aromatic carbocycles. The van der Waals surface area contributed by atoms with Crippen molar-refractivity contribution < 1.29 is 4.74 Å². The van der Waals surface area contributed by atoms with Crippen LogP contribution in [0.4, 0.5) is 0 Å². The van der Waals surface area contributed by atoms with E-state index in [2.05, 4.69) is 35.8 Å². The number of rotatable bonds is 0. The van der Waals surface area contributed by atoms with Gasteiger partial charge in [0.25, 0.3) is 0 Å². The van der Waals surface area contributed by atoms with Gasteiger partial charge in [0, 0.05) is 17.5 Å². The molecular formula is C12H13NO. The molecule has 3 rings (SSSR count). The lowest BCUT2D eigenvalue weighted by Crippen LogP contribution is -2.13. The SMILES string of the molecule is Cc1c2n(c3ccccc13)CCCO2. The molecule has 14 heavy (non-hydrogen) atoms. The van der Waals surface area contributed by atoms with E-state index >= 15 is 0 Å². The zero-order valence-electron chi connectivity index (χ0n) is 8.29. The van der Waals surface area contributed by atoms with Crippen LogP contribution in [-0.4, -0.2) is 11.2 Å². The molecule has 72 valence electrons. The van der Waals surface area contributed by atoms with Gasteiger partial charge < -0.3 is 9.30 Å². The van der Waals surface area contributed by atoms with Crippen molar-refractivity contribution in [3.8, 4) is 5.88 Å². The molecule has 0 unspecified atom stereocenters. The van der Waals surface area contributed by atoms with Crippen molar-refractivity contribution >= 4 is 10.9 Å². The third kappa shape index (κ3) is 0.910. The molecule has 0 saturated carbocycles. The summed E-state index contributed by atoms with van der Waals surface area (Å²) in [5.74, 6) is 1.07. The van der Waals surface area contributed by atoms with Crippen LogP contribution in [0, 0.1) is 6.92 Å². The second-order valence-corrected chi connectivity index (χ2v) is 3.80. The first-order valence-corrected chi connectivity index (χ1v) is 5.08. The Bertz CT molecular complexity index is 484. The number of aryl methyl sites for hydroxylation is 2. The Morgan fingerprint density at radius 3 is 3.07 bits per heavy atom. The van der Waals surface area contributed by atoms with Crippen molar-refractivity contribution in [1.29, 1.82) is 0 Å². The van der Waals surface area contributed by atoms with E-state index in [9.17, 15) is 0 Å². The summed E-state index contributed by atoms with van der Waals surface area (Å²) in [5.41, 5.74) is 2.58. The highest BCUT2D eigenvalue weighted by Gasteiger charge is 2.17. The summed E-state index contributed by atoms with van der Waals surface area (Å²) < 4.78 is 7.99. The fraction of sp³-hybridized carbons (Fsp3) is 0.333. The number of hydrogen-bond donors (Lipinski definition) is 0. The maximum absolute atomic E-state index is 5.70. The number of ether oxygens (including phenoxy) is 1. The summed E-state index contributed by atoms with van der Waals surface area (Å²) in [4.78, 5) is 0. The maximum Gasteiger partial charge on any atom is 0.197 e. The number of benzene rings is 1. The van der Waals surface area contributed by atoms with Gasteiger partial charge in [0.15, 0.2) is 5.88 Å². The standard InChI is InChI=1S/C12H13NO/c1-9-10-5-2-3-6-11(10)13-7-4-8-14-12(9)13/h2-3,5-6H,4,7-8H2,1H3. The fourth-order valence-electron chi connectivity index (χ4n) is 2.25. The molecule has 0 bridgehead atoms. The van der Waals surface area contributed by atoms with E-state index in [-0.39, 0.29) is 0 Å². The average Bonchev–Trinajstić information content (AvgIpc) is 2.55. The van der Waals surface area contributed by atoms with E-state index in [0.29, 0.717) is 0 Å². The van der Waals surface area contributed by atoms with Crippen LogP contribution in [0.15, 0.2) is 24.3 Å². The average molecular weight is 187 g/mol. The van der Waals surface area contributed by atoms with Crippen LogP contribution in [0.25, 0.3) is 10.9 Å². The quantitative estimate of drug-likeness (QED) is 0.618. The number of nitrogens with zero attached hydrogens (tertiary/aromatic N) is 1. The lowest BCUT2D eigenvalue weighted by atomic mass is 10.2. The molecule has 0 N–H and O–H groups in total. The lowest BCUT2D eigenvalue weighted by molar-refractivity contribution is 0.242. The second-order valence-electron chi connectivity index (χ2n) is 3.80. The highest BCUT2D eigenvalue weighted by molar-refractivity contribution is 5.86. The van der Waals surface area contributed by atoms with Crippen molar-refractivity contribution in [2.45, 2.75) is 19.9 Å². The van der Waals surface area contributed by atoms with Gasteiger partial charge in [0.1, 0.15) is 0 Å². The normalized spacial score (nSPS) is 15.2. The molecule has 2 heteroatoms. The summed E-state index contributed by atoms with van der Waals surface area (Å²) in [6, 6.07) is 8.50. The van der Waals surface area contributed by atoms with Crippen LogP contribution in [0.1, 0.15) is 12.0 Å². The third-order valence-corrected chi connectivity index (χ3v) is 2.93. The van der Waals surface area contributed by atoms with Gasteiger partial charge in [-0.25, -0.2) is 0 Å². The predicted octanol–water partition coefficient (Wildman–Crippen LogP) is 2.73. The molecule has 2 nitrogen and oxygen atoms in total. The number of para-hydroxylation sites is 1. The monoisotopic (exact) mass is 187 g/mol. The Labute approximate surface area is 83.1 Å². The third-order valence-electron chi connectivity index (χ3n) is 2.93. The highest BCUT2D eigenvalue weighted by atomic mass is 16.5. The molecule has 0 aliphatic carbocycles. The zero-order chi connectivity index (χ0) is 9.54. The molecule has 0 spiro atoms. The number of fused-ring (bicyclic) bond motifs is 3. The van der Waals surface area contributed by atoms with E-state index in [1.165, 1.54) is 16.5 Å². The van der Waals surface area contributed by atoms with Crippen LogP contribution < -0.4 is 4.74 Å². The molecule has 0 fully saturated rings. The fourth-order valence-corrected chi connectivity index (χ4v) is 2.25. The van der Waals surface area contributed by atoms with Crippen molar-refractivity contribution in [2.24, 2.45) is 0 Å². The van der Waals surface area contributed by atoms with E-state index in [0.717, 1.165) is 25.5 Å². The van der Waals surface area contributed by atoms with Gasteiger partial charge in [-0.15, -0.1) is 0 Å². The highest BCUT2D eigenvalue weighted by Crippen LogP contribution is 2.33.